The smallest absolute Gasteiger partial charge is 0.253 e. The van der Waals surface area contributed by atoms with Gasteiger partial charge in [0, 0.05) is 41.9 Å². The standard InChI is InChI=1S/C26H29BrN4O4/c27-21-8-6-20(7-9-21)24(33)29-12-10-26(11-13-29)25(34)30(18-23(32)28-14-16-35-17-15-28)19-31(26)22-4-2-1-3-5-22/h1-9H,10-19H2. The number of ether oxygens (including phenoxy) is 1. The number of carbonyl (C=O) groups excluding carboxylic acids is 3. The highest BCUT2D eigenvalue weighted by Crippen LogP contribution is 2.39. The Balaban J connectivity index is 1.34. The summed E-state index contributed by atoms with van der Waals surface area (Å²) in [4.78, 5) is 47.3. The molecule has 1 spiro atoms. The van der Waals surface area contributed by atoms with Crippen LogP contribution in [0.15, 0.2) is 59.1 Å². The number of amides is 3. The maximum Gasteiger partial charge on any atom is 0.253 e. The first-order valence-electron chi connectivity index (χ1n) is 12.0. The van der Waals surface area contributed by atoms with Crippen LogP contribution >= 0.6 is 15.9 Å². The van der Waals surface area contributed by atoms with Gasteiger partial charge >= 0.3 is 0 Å². The molecule has 0 unspecified atom stereocenters. The first-order chi connectivity index (χ1) is 17.0. The fraction of sp³-hybridized carbons (Fsp3) is 0.423. The normalized spacial score (nSPS) is 20.0. The average molecular weight is 541 g/mol. The van der Waals surface area contributed by atoms with E-state index in [0.717, 1.165) is 10.2 Å². The lowest BCUT2D eigenvalue weighted by molar-refractivity contribution is -0.143. The number of halogens is 1. The molecule has 35 heavy (non-hydrogen) atoms. The van der Waals surface area contributed by atoms with Crippen LogP contribution < -0.4 is 4.90 Å². The molecule has 9 heteroatoms. The van der Waals surface area contributed by atoms with Gasteiger partial charge in [-0.2, -0.15) is 0 Å². The predicted molar refractivity (Wildman–Crippen MR) is 135 cm³/mol. The molecule has 8 nitrogen and oxygen atoms in total. The van der Waals surface area contributed by atoms with Crippen LogP contribution in [0.25, 0.3) is 0 Å². The zero-order valence-electron chi connectivity index (χ0n) is 19.6. The van der Waals surface area contributed by atoms with Gasteiger partial charge in [0.05, 0.1) is 19.9 Å². The Morgan fingerprint density at radius 2 is 1.54 bits per heavy atom. The van der Waals surface area contributed by atoms with E-state index < -0.39 is 5.54 Å². The molecule has 3 amide bonds. The van der Waals surface area contributed by atoms with Gasteiger partial charge in [-0.25, -0.2) is 0 Å². The number of nitrogens with zero attached hydrogens (tertiary/aromatic N) is 4. The summed E-state index contributed by atoms with van der Waals surface area (Å²) in [7, 11) is 0. The molecule has 5 rings (SSSR count). The number of rotatable bonds is 4. The zero-order valence-corrected chi connectivity index (χ0v) is 21.2. The van der Waals surface area contributed by atoms with Crippen LogP contribution in [0.2, 0.25) is 0 Å². The number of hydrogen-bond donors (Lipinski definition) is 0. The fourth-order valence-electron chi connectivity index (χ4n) is 5.25. The van der Waals surface area contributed by atoms with Crippen molar-refractivity contribution < 1.29 is 19.1 Å². The summed E-state index contributed by atoms with van der Waals surface area (Å²) >= 11 is 3.41. The van der Waals surface area contributed by atoms with Crippen molar-refractivity contribution in [2.24, 2.45) is 0 Å². The second-order valence-corrected chi connectivity index (χ2v) is 10.1. The lowest BCUT2D eigenvalue weighted by Gasteiger charge is -2.43. The van der Waals surface area contributed by atoms with Gasteiger partial charge in [-0.3, -0.25) is 14.4 Å². The Hall–Kier alpha value is -2.91. The topological polar surface area (TPSA) is 73.4 Å². The van der Waals surface area contributed by atoms with Crippen molar-refractivity contribution in [3.05, 3.63) is 64.6 Å². The Bertz CT molecular complexity index is 1080. The molecule has 0 aromatic heterocycles. The third kappa shape index (κ3) is 4.67. The van der Waals surface area contributed by atoms with Gasteiger partial charge in [0.15, 0.2) is 0 Å². The molecule has 3 saturated heterocycles. The van der Waals surface area contributed by atoms with Crippen molar-refractivity contribution in [1.82, 2.24) is 14.7 Å². The van der Waals surface area contributed by atoms with Crippen LogP contribution in [0.3, 0.4) is 0 Å². The van der Waals surface area contributed by atoms with E-state index in [1.165, 1.54) is 0 Å². The zero-order chi connectivity index (χ0) is 24.4. The van der Waals surface area contributed by atoms with E-state index in [1.807, 2.05) is 59.5 Å². The highest BCUT2D eigenvalue weighted by molar-refractivity contribution is 9.10. The minimum absolute atomic E-state index is 0.0246. The molecule has 3 heterocycles. The summed E-state index contributed by atoms with van der Waals surface area (Å²) in [6.45, 7) is 3.56. The van der Waals surface area contributed by atoms with Gasteiger partial charge in [-0.1, -0.05) is 34.1 Å². The molecule has 2 aromatic carbocycles. The largest absolute Gasteiger partial charge is 0.378 e. The van der Waals surface area contributed by atoms with Crippen LogP contribution in [0, 0.1) is 0 Å². The number of para-hydroxylation sites is 1. The van der Waals surface area contributed by atoms with Crippen LogP contribution in [0.4, 0.5) is 5.69 Å². The van der Waals surface area contributed by atoms with Gasteiger partial charge in [0.2, 0.25) is 5.91 Å². The van der Waals surface area contributed by atoms with E-state index in [9.17, 15) is 14.4 Å². The molecule has 3 aliphatic rings. The second kappa shape index (κ2) is 9.99. The molecular weight excluding hydrogens is 512 g/mol. The summed E-state index contributed by atoms with van der Waals surface area (Å²) in [6.07, 6.45) is 1.04. The van der Waals surface area contributed by atoms with Crippen molar-refractivity contribution in [3.63, 3.8) is 0 Å². The molecule has 0 aliphatic carbocycles. The van der Waals surface area contributed by atoms with Crippen LogP contribution in [-0.4, -0.2) is 90.6 Å². The predicted octanol–water partition coefficient (Wildman–Crippen LogP) is 2.59. The maximum absolute atomic E-state index is 13.8. The van der Waals surface area contributed by atoms with Crippen molar-refractivity contribution in [1.29, 1.82) is 0 Å². The molecule has 0 radical (unpaired) electrons. The number of hydrogen-bond acceptors (Lipinski definition) is 5. The number of benzene rings is 2. The summed E-state index contributed by atoms with van der Waals surface area (Å²) in [5, 5.41) is 0. The van der Waals surface area contributed by atoms with E-state index in [1.54, 1.807) is 9.80 Å². The summed E-state index contributed by atoms with van der Waals surface area (Å²) in [6, 6.07) is 17.2. The highest BCUT2D eigenvalue weighted by Gasteiger charge is 2.54. The molecule has 3 fully saturated rings. The SMILES string of the molecule is O=C(CN1CN(c2ccccc2)C2(CCN(C(=O)c3ccc(Br)cc3)CC2)C1=O)N1CCOCC1. The highest BCUT2D eigenvalue weighted by atomic mass is 79.9. The van der Waals surface area contributed by atoms with E-state index in [-0.39, 0.29) is 24.3 Å². The third-order valence-electron chi connectivity index (χ3n) is 7.24. The second-order valence-electron chi connectivity index (χ2n) is 9.23. The van der Waals surface area contributed by atoms with Crippen LogP contribution in [0.5, 0.6) is 0 Å². The minimum atomic E-state index is -0.761. The van der Waals surface area contributed by atoms with Crippen molar-refractivity contribution >= 4 is 39.3 Å². The fourth-order valence-corrected chi connectivity index (χ4v) is 5.52. The summed E-state index contributed by atoms with van der Waals surface area (Å²) in [5.41, 5.74) is 0.831. The lowest BCUT2D eigenvalue weighted by Crippen LogP contribution is -2.57. The van der Waals surface area contributed by atoms with Crippen molar-refractivity contribution in [2.45, 2.75) is 18.4 Å². The van der Waals surface area contributed by atoms with Crippen molar-refractivity contribution in [3.8, 4) is 0 Å². The van der Waals surface area contributed by atoms with Gasteiger partial charge in [-0.15, -0.1) is 0 Å². The minimum Gasteiger partial charge on any atom is -0.378 e. The molecule has 0 N–H and O–H groups in total. The lowest BCUT2D eigenvalue weighted by atomic mass is 9.85. The number of piperidine rings is 1. The van der Waals surface area contributed by atoms with E-state index in [4.69, 9.17) is 4.74 Å². The van der Waals surface area contributed by atoms with Gasteiger partial charge in [0.25, 0.3) is 11.8 Å². The molecule has 184 valence electrons. The van der Waals surface area contributed by atoms with Gasteiger partial charge < -0.3 is 24.3 Å². The Labute approximate surface area is 213 Å². The molecular formula is C26H29BrN4O4. The molecule has 0 saturated carbocycles. The quantitative estimate of drug-likeness (QED) is 0.595. The van der Waals surface area contributed by atoms with Crippen LogP contribution in [-0.2, 0) is 14.3 Å². The van der Waals surface area contributed by atoms with E-state index in [0.29, 0.717) is 64.5 Å². The monoisotopic (exact) mass is 540 g/mol. The Morgan fingerprint density at radius 3 is 2.20 bits per heavy atom. The molecule has 0 bridgehead atoms. The maximum atomic E-state index is 13.8. The summed E-state index contributed by atoms with van der Waals surface area (Å²) < 4.78 is 6.28. The molecule has 2 aromatic rings. The average Bonchev–Trinajstić information content (AvgIpc) is 3.16. The number of carbonyl (C=O) groups is 3. The Morgan fingerprint density at radius 1 is 0.886 bits per heavy atom. The first kappa shape index (κ1) is 23.8. The molecule has 3 aliphatic heterocycles. The van der Waals surface area contributed by atoms with Crippen LogP contribution in [0.1, 0.15) is 23.2 Å². The van der Waals surface area contributed by atoms with Crippen molar-refractivity contribution in [2.75, 3.05) is 57.5 Å². The van der Waals surface area contributed by atoms with E-state index >= 15 is 0 Å². The molecule has 0 atom stereocenters. The number of morpholine rings is 1. The Kier molecular flexibility index (Phi) is 6.80. The third-order valence-corrected chi connectivity index (χ3v) is 7.77. The number of anilines is 1. The summed E-state index contributed by atoms with van der Waals surface area (Å²) in [5.74, 6) is -0.100. The van der Waals surface area contributed by atoms with Gasteiger partial charge in [-0.05, 0) is 49.2 Å². The number of likely N-dealkylation sites (tertiary alicyclic amines) is 1. The van der Waals surface area contributed by atoms with Gasteiger partial charge in [0.1, 0.15) is 12.1 Å². The van der Waals surface area contributed by atoms with E-state index in [2.05, 4.69) is 20.8 Å². The first-order valence-corrected chi connectivity index (χ1v) is 12.8.